The van der Waals surface area contributed by atoms with Crippen LogP contribution in [-0.4, -0.2) is 7.11 Å². The predicted molar refractivity (Wildman–Crippen MR) is 93.6 cm³/mol. The molecule has 0 bridgehead atoms. The summed E-state index contributed by atoms with van der Waals surface area (Å²) < 4.78 is 25.4. The van der Waals surface area contributed by atoms with Crippen molar-refractivity contribution in [1.82, 2.24) is 0 Å². The van der Waals surface area contributed by atoms with Crippen LogP contribution in [0.1, 0.15) is 5.56 Å². The molecule has 0 aromatic heterocycles. The number of anilines is 1. The van der Waals surface area contributed by atoms with E-state index < -0.39 is 0 Å². The number of nitrogens with two attached hydrogens (primary N) is 1. The quantitative estimate of drug-likeness (QED) is 0.694. The highest BCUT2D eigenvalue weighted by atomic mass is 19.1. The third-order valence-corrected chi connectivity index (χ3v) is 3.71. The maximum absolute atomic E-state index is 14.4. The van der Waals surface area contributed by atoms with E-state index in [1.54, 1.807) is 30.3 Å². The van der Waals surface area contributed by atoms with Gasteiger partial charge in [0.25, 0.3) is 0 Å². The monoisotopic (exact) mass is 323 g/mol. The highest BCUT2D eigenvalue weighted by molar-refractivity contribution is 5.74. The Morgan fingerprint density at radius 1 is 0.917 bits per heavy atom. The fraction of sp³-hybridized carbons (Fsp3) is 0.100. The van der Waals surface area contributed by atoms with E-state index in [2.05, 4.69) is 0 Å². The first-order valence-electron chi connectivity index (χ1n) is 7.57. The Balaban J connectivity index is 1.94. The SMILES string of the molecule is COc1ccc(-c2cc(N)ccc2OCc2ccccc2)c(F)c1. The molecular formula is C20H18FNO2. The zero-order valence-corrected chi connectivity index (χ0v) is 13.3. The van der Waals surface area contributed by atoms with Gasteiger partial charge in [-0.25, -0.2) is 4.39 Å². The molecule has 0 saturated carbocycles. The van der Waals surface area contributed by atoms with Gasteiger partial charge in [-0.3, -0.25) is 0 Å². The lowest BCUT2D eigenvalue weighted by molar-refractivity contribution is 0.307. The number of rotatable bonds is 5. The van der Waals surface area contributed by atoms with Crippen LogP contribution in [0.5, 0.6) is 11.5 Å². The molecule has 3 rings (SSSR count). The van der Waals surface area contributed by atoms with E-state index in [0.717, 1.165) is 5.56 Å². The Hall–Kier alpha value is -3.01. The van der Waals surface area contributed by atoms with Crippen LogP contribution in [0, 0.1) is 5.82 Å². The van der Waals surface area contributed by atoms with Gasteiger partial charge in [-0.15, -0.1) is 0 Å². The van der Waals surface area contributed by atoms with Crippen molar-refractivity contribution in [3.63, 3.8) is 0 Å². The average molecular weight is 323 g/mol. The zero-order chi connectivity index (χ0) is 16.9. The maximum Gasteiger partial charge on any atom is 0.134 e. The lowest BCUT2D eigenvalue weighted by Gasteiger charge is -2.14. The van der Waals surface area contributed by atoms with E-state index in [9.17, 15) is 4.39 Å². The van der Waals surface area contributed by atoms with Crippen LogP contribution in [0.3, 0.4) is 0 Å². The van der Waals surface area contributed by atoms with E-state index in [4.69, 9.17) is 15.2 Å². The predicted octanol–water partition coefficient (Wildman–Crippen LogP) is 4.66. The summed E-state index contributed by atoms with van der Waals surface area (Å²) in [6, 6.07) is 19.7. The third-order valence-electron chi connectivity index (χ3n) is 3.71. The molecule has 0 aliphatic heterocycles. The number of halogens is 1. The summed E-state index contributed by atoms with van der Waals surface area (Å²) in [5.74, 6) is 0.661. The third kappa shape index (κ3) is 3.49. The molecule has 0 unspecified atom stereocenters. The highest BCUT2D eigenvalue weighted by Gasteiger charge is 2.13. The van der Waals surface area contributed by atoms with Gasteiger partial charge >= 0.3 is 0 Å². The van der Waals surface area contributed by atoms with Gasteiger partial charge < -0.3 is 15.2 Å². The van der Waals surface area contributed by atoms with Crippen molar-refractivity contribution in [1.29, 1.82) is 0 Å². The second-order valence-corrected chi connectivity index (χ2v) is 5.38. The lowest BCUT2D eigenvalue weighted by atomic mass is 10.0. The molecule has 3 nitrogen and oxygen atoms in total. The van der Waals surface area contributed by atoms with Crippen LogP contribution in [0.25, 0.3) is 11.1 Å². The molecular weight excluding hydrogens is 305 g/mol. The van der Waals surface area contributed by atoms with E-state index in [1.165, 1.54) is 13.2 Å². The minimum atomic E-state index is -0.385. The van der Waals surface area contributed by atoms with Crippen molar-refractivity contribution in [3.05, 3.63) is 78.1 Å². The van der Waals surface area contributed by atoms with E-state index in [0.29, 0.717) is 34.9 Å². The maximum atomic E-state index is 14.4. The Kier molecular flexibility index (Phi) is 4.66. The molecule has 24 heavy (non-hydrogen) atoms. The van der Waals surface area contributed by atoms with Gasteiger partial charge in [-0.05, 0) is 35.9 Å². The Morgan fingerprint density at radius 2 is 1.71 bits per heavy atom. The number of nitrogen functional groups attached to an aromatic ring is 1. The molecule has 4 heteroatoms. The van der Waals surface area contributed by atoms with E-state index in [-0.39, 0.29) is 5.82 Å². The van der Waals surface area contributed by atoms with Gasteiger partial charge in [0.2, 0.25) is 0 Å². The Labute approximate surface area is 140 Å². The summed E-state index contributed by atoms with van der Waals surface area (Å²) in [4.78, 5) is 0. The summed E-state index contributed by atoms with van der Waals surface area (Å²) in [5.41, 5.74) is 8.50. The summed E-state index contributed by atoms with van der Waals surface area (Å²) in [5, 5.41) is 0. The second kappa shape index (κ2) is 7.04. The first-order valence-corrected chi connectivity index (χ1v) is 7.57. The molecule has 0 heterocycles. The van der Waals surface area contributed by atoms with Crippen molar-refractivity contribution in [2.75, 3.05) is 12.8 Å². The molecule has 122 valence electrons. The first-order chi connectivity index (χ1) is 11.7. The molecule has 0 aliphatic carbocycles. The molecule has 3 aromatic rings. The van der Waals surface area contributed by atoms with Gasteiger partial charge in [0, 0.05) is 22.9 Å². The van der Waals surface area contributed by atoms with Crippen molar-refractivity contribution in [2.24, 2.45) is 0 Å². The van der Waals surface area contributed by atoms with Crippen LogP contribution < -0.4 is 15.2 Å². The molecule has 0 atom stereocenters. The molecule has 0 fully saturated rings. The largest absolute Gasteiger partial charge is 0.497 e. The molecule has 2 N–H and O–H groups in total. The molecule has 0 aliphatic rings. The zero-order valence-electron chi connectivity index (χ0n) is 13.3. The fourth-order valence-corrected chi connectivity index (χ4v) is 2.46. The summed E-state index contributed by atoms with van der Waals surface area (Å²) >= 11 is 0. The Bertz CT molecular complexity index is 834. The van der Waals surface area contributed by atoms with Gasteiger partial charge in [0.1, 0.15) is 23.9 Å². The van der Waals surface area contributed by atoms with Gasteiger partial charge in [0.15, 0.2) is 0 Å². The van der Waals surface area contributed by atoms with Crippen molar-refractivity contribution < 1.29 is 13.9 Å². The van der Waals surface area contributed by atoms with Crippen molar-refractivity contribution in [2.45, 2.75) is 6.61 Å². The summed E-state index contributed by atoms with van der Waals surface area (Å²) in [6.45, 7) is 0.398. The lowest BCUT2D eigenvalue weighted by Crippen LogP contribution is -1.99. The van der Waals surface area contributed by atoms with Crippen LogP contribution in [0.15, 0.2) is 66.7 Å². The van der Waals surface area contributed by atoms with Crippen LogP contribution in [0.4, 0.5) is 10.1 Å². The van der Waals surface area contributed by atoms with Crippen LogP contribution in [-0.2, 0) is 6.61 Å². The normalized spacial score (nSPS) is 10.4. The highest BCUT2D eigenvalue weighted by Crippen LogP contribution is 2.35. The number of benzene rings is 3. The first kappa shape index (κ1) is 15.9. The minimum absolute atomic E-state index is 0.385. The second-order valence-electron chi connectivity index (χ2n) is 5.38. The molecule has 0 amide bonds. The smallest absolute Gasteiger partial charge is 0.134 e. The molecule has 3 aromatic carbocycles. The number of hydrogen-bond donors (Lipinski definition) is 1. The minimum Gasteiger partial charge on any atom is -0.497 e. The number of methoxy groups -OCH3 is 1. The van der Waals surface area contributed by atoms with Crippen molar-refractivity contribution in [3.8, 4) is 22.6 Å². The summed E-state index contributed by atoms with van der Waals surface area (Å²) in [6.07, 6.45) is 0. The van der Waals surface area contributed by atoms with E-state index in [1.807, 2.05) is 30.3 Å². The van der Waals surface area contributed by atoms with Gasteiger partial charge in [-0.2, -0.15) is 0 Å². The average Bonchev–Trinajstić information content (AvgIpc) is 2.61. The molecule has 0 spiro atoms. The van der Waals surface area contributed by atoms with Crippen molar-refractivity contribution >= 4 is 5.69 Å². The fourth-order valence-electron chi connectivity index (χ4n) is 2.46. The topological polar surface area (TPSA) is 44.5 Å². The number of hydrogen-bond acceptors (Lipinski definition) is 3. The van der Waals surface area contributed by atoms with Gasteiger partial charge in [-0.1, -0.05) is 30.3 Å². The summed E-state index contributed by atoms with van der Waals surface area (Å²) in [7, 11) is 1.50. The standard InChI is InChI=1S/C20H18FNO2/c1-23-16-8-9-17(19(21)12-16)18-11-15(22)7-10-20(18)24-13-14-5-3-2-4-6-14/h2-12H,13,22H2,1H3. The van der Waals surface area contributed by atoms with E-state index >= 15 is 0 Å². The molecule has 0 saturated heterocycles. The molecule has 0 radical (unpaired) electrons. The Morgan fingerprint density at radius 3 is 2.42 bits per heavy atom. The van der Waals surface area contributed by atoms with Gasteiger partial charge in [0.05, 0.1) is 7.11 Å². The number of ether oxygens (including phenoxy) is 2. The van der Waals surface area contributed by atoms with Crippen LogP contribution >= 0.6 is 0 Å². The van der Waals surface area contributed by atoms with Crippen LogP contribution in [0.2, 0.25) is 0 Å².